The summed E-state index contributed by atoms with van der Waals surface area (Å²) < 4.78 is 0. The van der Waals surface area contributed by atoms with E-state index in [2.05, 4.69) is 5.32 Å². The lowest BCUT2D eigenvalue weighted by Crippen LogP contribution is -2.42. The average molecular weight is 329 g/mol. The third-order valence-electron chi connectivity index (χ3n) is 3.84. The summed E-state index contributed by atoms with van der Waals surface area (Å²) in [4.78, 5) is 22.5. The predicted octanol–water partition coefficient (Wildman–Crippen LogP) is 2.30. The Morgan fingerprint density at radius 3 is 1.96 bits per heavy atom. The van der Waals surface area contributed by atoms with Crippen molar-refractivity contribution in [2.75, 3.05) is 0 Å². The van der Waals surface area contributed by atoms with Gasteiger partial charge < -0.3 is 20.6 Å². The summed E-state index contributed by atoms with van der Waals surface area (Å²) in [5.74, 6) is -2.24. The molecule has 0 bridgehead atoms. The molecule has 6 heteroatoms. The number of carboxylic acid groups (broad SMARTS) is 2. The summed E-state index contributed by atoms with van der Waals surface area (Å²) in [6.45, 7) is 0. The van der Waals surface area contributed by atoms with E-state index in [4.69, 9.17) is 5.11 Å². The molecule has 0 aliphatic rings. The molecule has 0 heterocycles. The number of carboxylic acids is 1. The van der Waals surface area contributed by atoms with Gasteiger partial charge in [0.15, 0.2) is 6.10 Å². The van der Waals surface area contributed by atoms with Gasteiger partial charge >= 0.3 is 12.1 Å². The molecule has 1 unspecified atom stereocenters. The van der Waals surface area contributed by atoms with Crippen LogP contribution in [0.15, 0.2) is 60.7 Å². The van der Waals surface area contributed by atoms with Crippen molar-refractivity contribution in [3.8, 4) is 0 Å². The maximum Gasteiger partial charge on any atom is 0.405 e. The van der Waals surface area contributed by atoms with Crippen LogP contribution < -0.4 is 5.32 Å². The Balaban J connectivity index is 2.39. The third-order valence-corrected chi connectivity index (χ3v) is 3.84. The smallest absolute Gasteiger partial charge is 0.405 e. The molecular weight excluding hydrogens is 310 g/mol. The molecule has 0 saturated heterocycles. The van der Waals surface area contributed by atoms with Gasteiger partial charge in [0.05, 0.1) is 6.04 Å². The van der Waals surface area contributed by atoms with Crippen molar-refractivity contribution >= 4 is 12.1 Å². The molecule has 6 nitrogen and oxygen atoms in total. The van der Waals surface area contributed by atoms with E-state index in [1.54, 1.807) is 30.3 Å². The number of carbonyl (C=O) groups is 2. The van der Waals surface area contributed by atoms with Crippen LogP contribution in [-0.4, -0.2) is 33.5 Å². The highest BCUT2D eigenvalue weighted by Crippen LogP contribution is 2.28. The fourth-order valence-electron chi connectivity index (χ4n) is 2.71. The Morgan fingerprint density at radius 2 is 1.46 bits per heavy atom. The van der Waals surface area contributed by atoms with Crippen molar-refractivity contribution in [2.24, 2.45) is 5.92 Å². The second-order valence-electron chi connectivity index (χ2n) is 5.47. The van der Waals surface area contributed by atoms with E-state index in [1.807, 2.05) is 30.3 Å². The molecule has 2 aromatic rings. The van der Waals surface area contributed by atoms with E-state index in [1.165, 1.54) is 0 Å². The molecule has 4 N–H and O–H groups in total. The third kappa shape index (κ3) is 4.57. The first kappa shape index (κ1) is 17.5. The maximum atomic E-state index is 11.3. The van der Waals surface area contributed by atoms with Gasteiger partial charge in [0.2, 0.25) is 0 Å². The number of nitrogens with one attached hydrogen (secondary N) is 1. The highest BCUT2D eigenvalue weighted by molar-refractivity contribution is 5.73. The van der Waals surface area contributed by atoms with Gasteiger partial charge in [-0.2, -0.15) is 0 Å². The maximum absolute atomic E-state index is 11.3. The molecule has 0 aliphatic heterocycles. The molecule has 2 aromatic carbocycles. The number of aliphatic hydroxyl groups excluding tert-OH is 1. The van der Waals surface area contributed by atoms with Crippen LogP contribution >= 0.6 is 0 Å². The van der Waals surface area contributed by atoms with Crippen LogP contribution in [0.25, 0.3) is 0 Å². The van der Waals surface area contributed by atoms with E-state index < -0.39 is 30.1 Å². The molecule has 2 rings (SSSR count). The van der Waals surface area contributed by atoms with Crippen molar-refractivity contribution in [1.29, 1.82) is 0 Å². The molecule has 0 aromatic heterocycles. The largest absolute Gasteiger partial charge is 0.479 e. The van der Waals surface area contributed by atoms with Crippen molar-refractivity contribution in [2.45, 2.75) is 18.6 Å². The number of amides is 1. The summed E-state index contributed by atoms with van der Waals surface area (Å²) in [6, 6.07) is 16.9. The molecule has 1 amide bonds. The van der Waals surface area contributed by atoms with Crippen LogP contribution in [0.3, 0.4) is 0 Å². The van der Waals surface area contributed by atoms with Gasteiger partial charge in [-0.25, -0.2) is 9.59 Å². The molecule has 0 radical (unpaired) electrons. The number of rotatable bonds is 7. The Morgan fingerprint density at radius 1 is 0.917 bits per heavy atom. The van der Waals surface area contributed by atoms with Gasteiger partial charge in [-0.15, -0.1) is 0 Å². The monoisotopic (exact) mass is 329 g/mol. The van der Waals surface area contributed by atoms with Crippen LogP contribution in [-0.2, 0) is 11.2 Å². The number of benzene rings is 2. The molecule has 0 spiro atoms. The summed E-state index contributed by atoms with van der Waals surface area (Å²) in [5.41, 5.74) is 1.41. The first-order valence-corrected chi connectivity index (χ1v) is 7.48. The van der Waals surface area contributed by atoms with E-state index in [0.29, 0.717) is 5.56 Å². The minimum atomic E-state index is -1.71. The minimum absolute atomic E-state index is 0.216. The van der Waals surface area contributed by atoms with Gasteiger partial charge in [-0.1, -0.05) is 60.7 Å². The number of hydrogen-bond donors (Lipinski definition) is 4. The second-order valence-corrected chi connectivity index (χ2v) is 5.47. The van der Waals surface area contributed by atoms with Gasteiger partial charge in [-0.3, -0.25) is 0 Å². The van der Waals surface area contributed by atoms with E-state index in [0.717, 1.165) is 5.56 Å². The zero-order valence-electron chi connectivity index (χ0n) is 12.9. The Bertz CT molecular complexity index is 674. The van der Waals surface area contributed by atoms with Crippen LogP contribution in [0.4, 0.5) is 4.79 Å². The standard InChI is InChI=1S/C18H19NO5/c20-16(17(21)22)14(11-12-7-3-1-4-8-12)15(19-18(23)24)13-9-5-2-6-10-13/h1-10,14-16,19-20H,11H2,(H,21,22)(H,23,24)/t14-,15?,16+/m1/s1. The van der Waals surface area contributed by atoms with Crippen molar-refractivity contribution in [3.05, 3.63) is 71.8 Å². The fourth-order valence-corrected chi connectivity index (χ4v) is 2.71. The Hall–Kier alpha value is -2.86. The topological polar surface area (TPSA) is 107 Å². The van der Waals surface area contributed by atoms with Crippen LogP contribution in [0.1, 0.15) is 17.2 Å². The summed E-state index contributed by atoms with van der Waals surface area (Å²) in [6.07, 6.45) is -2.77. The Labute approximate surface area is 139 Å². The van der Waals surface area contributed by atoms with Gasteiger partial charge in [0, 0.05) is 5.92 Å². The first-order valence-electron chi connectivity index (χ1n) is 7.48. The molecular formula is C18H19NO5. The normalized spacial score (nSPS) is 14.4. The second kappa shape index (κ2) is 8.12. The van der Waals surface area contributed by atoms with E-state index in [-0.39, 0.29) is 6.42 Å². The molecule has 3 atom stereocenters. The summed E-state index contributed by atoms with van der Waals surface area (Å²) in [7, 11) is 0. The van der Waals surface area contributed by atoms with Crippen LogP contribution in [0.2, 0.25) is 0 Å². The lowest BCUT2D eigenvalue weighted by Gasteiger charge is -2.29. The van der Waals surface area contributed by atoms with Crippen molar-refractivity contribution in [1.82, 2.24) is 5.32 Å². The van der Waals surface area contributed by atoms with Gasteiger partial charge in [0.1, 0.15) is 0 Å². The average Bonchev–Trinajstić information content (AvgIpc) is 2.58. The van der Waals surface area contributed by atoms with Crippen molar-refractivity contribution in [3.63, 3.8) is 0 Å². The number of aliphatic hydroxyl groups is 1. The zero-order chi connectivity index (χ0) is 17.5. The molecule has 0 fully saturated rings. The summed E-state index contributed by atoms with van der Waals surface area (Å²) >= 11 is 0. The van der Waals surface area contributed by atoms with Crippen molar-refractivity contribution < 1.29 is 24.9 Å². The zero-order valence-corrected chi connectivity index (χ0v) is 12.9. The summed E-state index contributed by atoms with van der Waals surface area (Å²) in [5, 5.41) is 30.9. The van der Waals surface area contributed by atoms with Gasteiger partial charge in [-0.05, 0) is 17.5 Å². The van der Waals surface area contributed by atoms with Gasteiger partial charge in [0.25, 0.3) is 0 Å². The molecule has 0 saturated carbocycles. The molecule has 0 aliphatic carbocycles. The SMILES string of the molecule is O=C(O)NC(c1ccccc1)[C@@H](Cc1ccccc1)[C@H](O)C(=O)O. The predicted molar refractivity (Wildman–Crippen MR) is 87.6 cm³/mol. The number of aliphatic carboxylic acids is 1. The first-order chi connectivity index (χ1) is 11.5. The fraction of sp³-hybridized carbons (Fsp3) is 0.222. The molecule has 24 heavy (non-hydrogen) atoms. The quantitative estimate of drug-likeness (QED) is 0.623. The lowest BCUT2D eigenvalue weighted by molar-refractivity contribution is -0.150. The molecule has 126 valence electrons. The van der Waals surface area contributed by atoms with E-state index in [9.17, 15) is 19.8 Å². The van der Waals surface area contributed by atoms with E-state index >= 15 is 0 Å². The Kier molecular flexibility index (Phi) is 5.92. The lowest BCUT2D eigenvalue weighted by atomic mass is 9.83. The van der Waals surface area contributed by atoms with Crippen LogP contribution in [0, 0.1) is 5.92 Å². The van der Waals surface area contributed by atoms with Crippen LogP contribution in [0.5, 0.6) is 0 Å². The minimum Gasteiger partial charge on any atom is -0.479 e. The number of hydrogen-bond acceptors (Lipinski definition) is 3. The highest BCUT2D eigenvalue weighted by Gasteiger charge is 2.35. The highest BCUT2D eigenvalue weighted by atomic mass is 16.4.